The molecule has 0 bridgehead atoms. The van der Waals surface area contributed by atoms with Crippen LogP contribution in [0.25, 0.3) is 11.1 Å². The Morgan fingerprint density at radius 2 is 1.80 bits per heavy atom. The molecule has 0 heterocycles. The number of benzene rings is 2. The second kappa shape index (κ2) is 5.12. The molecule has 0 aliphatic heterocycles. The summed E-state index contributed by atoms with van der Waals surface area (Å²) < 4.78 is 4.72. The molecule has 0 aromatic heterocycles. The van der Waals surface area contributed by atoms with E-state index in [1.807, 2.05) is 24.3 Å². The molecule has 0 amide bonds. The fourth-order valence-electron chi connectivity index (χ4n) is 3.01. The number of aryl methyl sites for hydroxylation is 2. The predicted molar refractivity (Wildman–Crippen MR) is 80.0 cm³/mol. The molecule has 0 saturated carbocycles. The Hall–Kier alpha value is -2.09. The van der Waals surface area contributed by atoms with Crippen molar-refractivity contribution in [2.45, 2.75) is 26.2 Å². The first-order chi connectivity index (χ1) is 9.69. The van der Waals surface area contributed by atoms with E-state index in [-0.39, 0.29) is 5.97 Å². The minimum absolute atomic E-state index is 0.290. The van der Waals surface area contributed by atoms with Gasteiger partial charge >= 0.3 is 5.97 Å². The van der Waals surface area contributed by atoms with E-state index in [4.69, 9.17) is 4.74 Å². The van der Waals surface area contributed by atoms with Crippen molar-refractivity contribution < 1.29 is 9.53 Å². The van der Waals surface area contributed by atoms with Gasteiger partial charge in [-0.1, -0.05) is 24.3 Å². The van der Waals surface area contributed by atoms with Crippen LogP contribution in [0.2, 0.25) is 0 Å². The van der Waals surface area contributed by atoms with Gasteiger partial charge in [0.15, 0.2) is 0 Å². The van der Waals surface area contributed by atoms with Crippen molar-refractivity contribution in [1.82, 2.24) is 0 Å². The number of fused-ring (bicyclic) bond motifs is 1. The largest absolute Gasteiger partial charge is 0.465 e. The minimum atomic E-state index is -0.290. The number of esters is 1. The lowest BCUT2D eigenvalue weighted by molar-refractivity contribution is 0.0601. The highest BCUT2D eigenvalue weighted by Gasteiger charge is 2.14. The molecule has 0 spiro atoms. The lowest BCUT2D eigenvalue weighted by Crippen LogP contribution is -2.00. The number of ether oxygens (including phenoxy) is 1. The molecule has 20 heavy (non-hydrogen) atoms. The number of rotatable bonds is 2. The Kier molecular flexibility index (Phi) is 3.31. The van der Waals surface area contributed by atoms with Gasteiger partial charge in [0.2, 0.25) is 0 Å². The van der Waals surface area contributed by atoms with E-state index in [9.17, 15) is 4.79 Å². The van der Waals surface area contributed by atoms with E-state index >= 15 is 0 Å². The van der Waals surface area contributed by atoms with Gasteiger partial charge in [0.25, 0.3) is 0 Å². The summed E-state index contributed by atoms with van der Waals surface area (Å²) in [6.07, 6.45) is 3.66. The molecule has 0 fully saturated rings. The highest BCUT2D eigenvalue weighted by atomic mass is 16.5. The molecule has 2 heteroatoms. The number of hydrogen-bond donors (Lipinski definition) is 0. The van der Waals surface area contributed by atoms with Gasteiger partial charge in [-0.05, 0) is 66.1 Å². The van der Waals surface area contributed by atoms with Crippen LogP contribution in [0.5, 0.6) is 0 Å². The molecule has 0 unspecified atom stereocenters. The van der Waals surface area contributed by atoms with Crippen molar-refractivity contribution in [3.63, 3.8) is 0 Å². The van der Waals surface area contributed by atoms with Gasteiger partial charge in [-0.15, -0.1) is 0 Å². The van der Waals surface area contributed by atoms with Gasteiger partial charge in [-0.2, -0.15) is 0 Å². The van der Waals surface area contributed by atoms with E-state index in [0.29, 0.717) is 5.56 Å². The Labute approximate surface area is 119 Å². The second-order valence-electron chi connectivity index (χ2n) is 5.35. The van der Waals surface area contributed by atoms with Gasteiger partial charge < -0.3 is 4.74 Å². The highest BCUT2D eigenvalue weighted by Crippen LogP contribution is 2.31. The van der Waals surface area contributed by atoms with Gasteiger partial charge in [-0.3, -0.25) is 0 Å². The van der Waals surface area contributed by atoms with Crippen molar-refractivity contribution in [2.24, 2.45) is 0 Å². The minimum Gasteiger partial charge on any atom is -0.465 e. The summed E-state index contributed by atoms with van der Waals surface area (Å²) in [5.41, 5.74) is 7.37. The smallest absolute Gasteiger partial charge is 0.337 e. The van der Waals surface area contributed by atoms with E-state index in [2.05, 4.69) is 19.1 Å². The standard InChI is InChI=1S/C18H18O2/c1-12-10-16(11-15-4-3-5-17(12)15)13-6-8-14(9-7-13)18(19)20-2/h6-11H,3-5H2,1-2H3. The molecule has 2 aromatic rings. The molecule has 1 aliphatic carbocycles. The molecule has 102 valence electrons. The first-order valence-electron chi connectivity index (χ1n) is 7.00. The molecular formula is C18H18O2. The average Bonchev–Trinajstić information content (AvgIpc) is 2.95. The van der Waals surface area contributed by atoms with Crippen LogP contribution in [0.4, 0.5) is 0 Å². The van der Waals surface area contributed by atoms with Crippen LogP contribution in [0.1, 0.15) is 33.5 Å². The fraction of sp³-hybridized carbons (Fsp3) is 0.278. The SMILES string of the molecule is COC(=O)c1ccc(-c2cc(C)c3c(c2)CCC3)cc1. The topological polar surface area (TPSA) is 26.3 Å². The molecule has 0 atom stereocenters. The monoisotopic (exact) mass is 266 g/mol. The van der Waals surface area contributed by atoms with Crippen molar-refractivity contribution in [2.75, 3.05) is 7.11 Å². The van der Waals surface area contributed by atoms with Gasteiger partial charge in [0.05, 0.1) is 12.7 Å². The maximum absolute atomic E-state index is 11.4. The van der Waals surface area contributed by atoms with Crippen molar-refractivity contribution >= 4 is 5.97 Å². The average molecular weight is 266 g/mol. The van der Waals surface area contributed by atoms with E-state index in [1.54, 1.807) is 0 Å². The van der Waals surface area contributed by atoms with Gasteiger partial charge in [0.1, 0.15) is 0 Å². The third kappa shape index (κ3) is 2.22. The van der Waals surface area contributed by atoms with Crippen LogP contribution in [0.3, 0.4) is 0 Å². The number of carbonyl (C=O) groups excluding carboxylic acids is 1. The Morgan fingerprint density at radius 1 is 1.05 bits per heavy atom. The molecule has 0 radical (unpaired) electrons. The summed E-state index contributed by atoms with van der Waals surface area (Å²) in [6, 6.07) is 12.2. The van der Waals surface area contributed by atoms with Crippen LogP contribution in [-0.4, -0.2) is 13.1 Å². The van der Waals surface area contributed by atoms with E-state index in [1.165, 1.54) is 48.6 Å². The number of hydrogen-bond acceptors (Lipinski definition) is 2. The lowest BCUT2D eigenvalue weighted by atomic mass is 9.96. The van der Waals surface area contributed by atoms with E-state index in [0.717, 1.165) is 5.56 Å². The first-order valence-corrected chi connectivity index (χ1v) is 7.00. The summed E-state index contributed by atoms with van der Waals surface area (Å²) in [7, 11) is 1.40. The zero-order valence-electron chi connectivity index (χ0n) is 11.9. The van der Waals surface area contributed by atoms with Crippen LogP contribution in [0.15, 0.2) is 36.4 Å². The summed E-state index contributed by atoms with van der Waals surface area (Å²) in [5, 5.41) is 0. The van der Waals surface area contributed by atoms with Gasteiger partial charge in [-0.25, -0.2) is 4.79 Å². The Morgan fingerprint density at radius 3 is 2.50 bits per heavy atom. The third-order valence-electron chi connectivity index (χ3n) is 4.08. The van der Waals surface area contributed by atoms with Crippen LogP contribution in [-0.2, 0) is 17.6 Å². The fourth-order valence-corrected chi connectivity index (χ4v) is 3.01. The summed E-state index contributed by atoms with van der Waals surface area (Å²) in [5.74, 6) is -0.290. The van der Waals surface area contributed by atoms with E-state index < -0.39 is 0 Å². The lowest BCUT2D eigenvalue weighted by Gasteiger charge is -2.09. The third-order valence-corrected chi connectivity index (χ3v) is 4.08. The van der Waals surface area contributed by atoms with Gasteiger partial charge in [0, 0.05) is 0 Å². The van der Waals surface area contributed by atoms with Crippen molar-refractivity contribution in [3.8, 4) is 11.1 Å². The highest BCUT2D eigenvalue weighted by molar-refractivity contribution is 5.90. The number of methoxy groups -OCH3 is 1. The zero-order valence-corrected chi connectivity index (χ0v) is 11.9. The second-order valence-corrected chi connectivity index (χ2v) is 5.35. The molecule has 0 saturated heterocycles. The van der Waals surface area contributed by atoms with Crippen LogP contribution in [0, 0.1) is 6.92 Å². The Balaban J connectivity index is 1.97. The quantitative estimate of drug-likeness (QED) is 0.770. The predicted octanol–water partition coefficient (Wildman–Crippen LogP) is 3.94. The number of carbonyl (C=O) groups is 1. The van der Waals surface area contributed by atoms with Crippen molar-refractivity contribution in [1.29, 1.82) is 0 Å². The molecule has 2 nitrogen and oxygen atoms in total. The maximum Gasteiger partial charge on any atom is 0.337 e. The summed E-state index contributed by atoms with van der Waals surface area (Å²) >= 11 is 0. The summed E-state index contributed by atoms with van der Waals surface area (Å²) in [4.78, 5) is 11.4. The Bertz CT molecular complexity index is 654. The maximum atomic E-state index is 11.4. The molecule has 0 N–H and O–H groups in total. The van der Waals surface area contributed by atoms with Crippen molar-refractivity contribution in [3.05, 3.63) is 58.7 Å². The first kappa shape index (κ1) is 12.9. The molecule has 3 rings (SSSR count). The molecular weight excluding hydrogens is 248 g/mol. The molecule has 1 aliphatic rings. The molecule has 2 aromatic carbocycles. The van der Waals surface area contributed by atoms with Crippen LogP contribution < -0.4 is 0 Å². The zero-order chi connectivity index (χ0) is 14.1. The summed E-state index contributed by atoms with van der Waals surface area (Å²) in [6.45, 7) is 2.19. The van der Waals surface area contributed by atoms with Crippen LogP contribution >= 0.6 is 0 Å². The normalized spacial score (nSPS) is 13.1.